The largest absolute Gasteiger partial charge is 0.457 e. The van der Waals surface area contributed by atoms with Gasteiger partial charge in [-0.15, -0.1) is 0 Å². The van der Waals surface area contributed by atoms with Gasteiger partial charge in [-0.3, -0.25) is 0 Å². The zero-order valence-corrected chi connectivity index (χ0v) is 22.4. The molecule has 8 heteroatoms. The summed E-state index contributed by atoms with van der Waals surface area (Å²) in [5.74, 6) is -0.480. The van der Waals surface area contributed by atoms with Crippen molar-refractivity contribution in [2.24, 2.45) is 0 Å². The highest BCUT2D eigenvalue weighted by Gasteiger charge is 2.46. The van der Waals surface area contributed by atoms with Gasteiger partial charge in [0.1, 0.15) is 6.10 Å². The fourth-order valence-corrected chi connectivity index (χ4v) is 5.49. The van der Waals surface area contributed by atoms with Gasteiger partial charge in [-0.05, 0) is 77.4 Å². The van der Waals surface area contributed by atoms with Gasteiger partial charge in [0.2, 0.25) is 0 Å². The lowest BCUT2D eigenvalue weighted by Gasteiger charge is -2.50. The minimum Gasteiger partial charge on any atom is -0.457 e. The van der Waals surface area contributed by atoms with Gasteiger partial charge in [0.15, 0.2) is 5.69 Å². The third-order valence-corrected chi connectivity index (χ3v) is 7.18. The van der Waals surface area contributed by atoms with E-state index >= 15 is 0 Å². The molecular weight excluding hydrogens is 485 g/mol. The number of piperidine rings is 1. The number of hydrogen-bond donors (Lipinski definition) is 1. The van der Waals surface area contributed by atoms with Crippen LogP contribution in [0.25, 0.3) is 16.9 Å². The molecule has 1 aliphatic rings. The summed E-state index contributed by atoms with van der Waals surface area (Å²) in [5.41, 5.74) is 3.31. The molecule has 0 unspecified atom stereocenters. The Bertz CT molecular complexity index is 1250. The molecular formula is C27H31Cl2N3O3. The van der Waals surface area contributed by atoms with Gasteiger partial charge < -0.3 is 9.94 Å². The molecule has 0 aliphatic carbocycles. The summed E-state index contributed by atoms with van der Waals surface area (Å²) in [6, 6.07) is 13.0. The van der Waals surface area contributed by atoms with Crippen LogP contribution in [0, 0.1) is 13.8 Å². The maximum atomic E-state index is 13.4. The number of ether oxygens (including phenoxy) is 1. The molecule has 0 atom stereocenters. The Kier molecular flexibility index (Phi) is 6.79. The standard InChI is InChI=1S/C27H31Cl2N3O3/c1-16-13-20(29)11-12-22(16)31-24(18-7-9-19(28)10-8-18)17(2)23(30-31)25(33)35-21-14-26(3,4)32(34)27(5,6)15-21/h7-13,21,34H,14-15H2,1-6H3. The van der Waals surface area contributed by atoms with E-state index in [1.54, 1.807) is 10.7 Å². The molecule has 35 heavy (non-hydrogen) atoms. The third-order valence-electron chi connectivity index (χ3n) is 6.70. The number of aromatic nitrogens is 2. The summed E-state index contributed by atoms with van der Waals surface area (Å²) < 4.78 is 7.76. The van der Waals surface area contributed by atoms with Gasteiger partial charge in [-0.2, -0.15) is 10.2 Å². The SMILES string of the molecule is Cc1cc(Cl)ccc1-n1nc(C(=O)OC2CC(C)(C)N(O)C(C)(C)C2)c(C)c1-c1ccc(Cl)cc1. The van der Waals surface area contributed by atoms with E-state index in [1.165, 1.54) is 5.06 Å². The van der Waals surface area contributed by atoms with Crippen molar-refractivity contribution in [2.45, 2.75) is 71.6 Å². The Morgan fingerprint density at radius 3 is 2.14 bits per heavy atom. The molecule has 1 N–H and O–H groups in total. The van der Waals surface area contributed by atoms with Gasteiger partial charge in [0.05, 0.1) is 11.4 Å². The minimum atomic E-state index is -0.532. The average molecular weight is 516 g/mol. The molecule has 0 saturated carbocycles. The molecule has 0 radical (unpaired) electrons. The first-order valence-corrected chi connectivity index (χ1v) is 12.4. The first kappa shape index (κ1) is 25.7. The number of benzene rings is 2. The van der Waals surface area contributed by atoms with Crippen LogP contribution in [-0.4, -0.2) is 43.2 Å². The molecule has 1 saturated heterocycles. The first-order chi connectivity index (χ1) is 16.3. The van der Waals surface area contributed by atoms with Crippen LogP contribution >= 0.6 is 23.2 Å². The highest BCUT2D eigenvalue weighted by molar-refractivity contribution is 6.31. The summed E-state index contributed by atoms with van der Waals surface area (Å²) >= 11 is 12.3. The maximum absolute atomic E-state index is 13.4. The van der Waals surface area contributed by atoms with Crippen molar-refractivity contribution < 1.29 is 14.7 Å². The number of aryl methyl sites for hydroxylation is 1. The Hall–Kier alpha value is -2.38. The lowest BCUT2D eigenvalue weighted by atomic mass is 9.80. The van der Waals surface area contributed by atoms with E-state index in [9.17, 15) is 10.0 Å². The van der Waals surface area contributed by atoms with Gasteiger partial charge >= 0.3 is 5.97 Å². The Morgan fingerprint density at radius 1 is 1.00 bits per heavy atom. The fourth-order valence-electron chi connectivity index (χ4n) is 5.14. The second-order valence-corrected chi connectivity index (χ2v) is 11.4. The van der Waals surface area contributed by atoms with E-state index in [0.717, 1.165) is 22.5 Å². The molecule has 1 fully saturated rings. The summed E-state index contributed by atoms with van der Waals surface area (Å²) in [6.07, 6.45) is 0.675. The van der Waals surface area contributed by atoms with Crippen molar-refractivity contribution in [1.82, 2.24) is 14.8 Å². The van der Waals surface area contributed by atoms with Crippen molar-refractivity contribution in [2.75, 3.05) is 0 Å². The van der Waals surface area contributed by atoms with Crippen molar-refractivity contribution in [1.29, 1.82) is 0 Å². The molecule has 1 aromatic heterocycles. The van der Waals surface area contributed by atoms with Gasteiger partial charge in [-0.25, -0.2) is 9.48 Å². The third kappa shape index (κ3) is 4.98. The number of esters is 1. The monoisotopic (exact) mass is 515 g/mol. The molecule has 1 aliphatic heterocycles. The van der Waals surface area contributed by atoms with Crippen LogP contribution in [0.4, 0.5) is 0 Å². The zero-order valence-electron chi connectivity index (χ0n) is 20.9. The molecule has 0 amide bonds. The molecule has 6 nitrogen and oxygen atoms in total. The van der Waals surface area contributed by atoms with Crippen LogP contribution < -0.4 is 0 Å². The van der Waals surface area contributed by atoms with Crippen LogP contribution in [0.3, 0.4) is 0 Å². The van der Waals surface area contributed by atoms with E-state index in [1.807, 2.05) is 77.9 Å². The van der Waals surface area contributed by atoms with E-state index in [0.29, 0.717) is 28.5 Å². The maximum Gasteiger partial charge on any atom is 0.359 e. The average Bonchev–Trinajstić information content (AvgIpc) is 3.09. The molecule has 2 aromatic carbocycles. The molecule has 3 aromatic rings. The summed E-state index contributed by atoms with van der Waals surface area (Å²) in [6.45, 7) is 11.6. The van der Waals surface area contributed by atoms with Crippen molar-refractivity contribution in [3.63, 3.8) is 0 Å². The van der Waals surface area contributed by atoms with Crippen LogP contribution in [0.2, 0.25) is 10.0 Å². The smallest absolute Gasteiger partial charge is 0.359 e. The lowest BCUT2D eigenvalue weighted by Crippen LogP contribution is -2.60. The summed E-state index contributed by atoms with van der Waals surface area (Å²) in [4.78, 5) is 13.4. The predicted octanol–water partition coefficient (Wildman–Crippen LogP) is 7.03. The quantitative estimate of drug-likeness (QED) is 0.377. The van der Waals surface area contributed by atoms with E-state index in [4.69, 9.17) is 33.0 Å². The molecule has 0 bridgehead atoms. The number of carbonyl (C=O) groups excluding carboxylic acids is 1. The zero-order chi connectivity index (χ0) is 25.7. The second kappa shape index (κ2) is 9.25. The van der Waals surface area contributed by atoms with Crippen LogP contribution in [0.5, 0.6) is 0 Å². The molecule has 2 heterocycles. The predicted molar refractivity (Wildman–Crippen MR) is 139 cm³/mol. The summed E-state index contributed by atoms with van der Waals surface area (Å²) in [5, 5.41) is 17.9. The normalized spacial score (nSPS) is 18.0. The van der Waals surface area contributed by atoms with Crippen molar-refractivity contribution >= 4 is 29.2 Å². The highest BCUT2D eigenvalue weighted by atomic mass is 35.5. The summed E-state index contributed by atoms with van der Waals surface area (Å²) in [7, 11) is 0. The number of halogens is 2. The lowest BCUT2D eigenvalue weighted by molar-refractivity contribution is -0.256. The molecule has 186 valence electrons. The fraction of sp³-hybridized carbons (Fsp3) is 0.407. The van der Waals surface area contributed by atoms with Gasteiger partial charge in [-0.1, -0.05) is 35.3 Å². The molecule has 4 rings (SSSR count). The van der Waals surface area contributed by atoms with E-state index < -0.39 is 17.0 Å². The number of nitrogens with zero attached hydrogens (tertiary/aromatic N) is 3. The number of hydroxylamine groups is 2. The number of hydrogen-bond acceptors (Lipinski definition) is 5. The minimum absolute atomic E-state index is 0.256. The Balaban J connectivity index is 1.76. The van der Waals surface area contributed by atoms with Crippen LogP contribution in [-0.2, 0) is 4.74 Å². The number of carbonyl (C=O) groups is 1. The van der Waals surface area contributed by atoms with Crippen molar-refractivity contribution in [3.05, 3.63) is 69.3 Å². The van der Waals surface area contributed by atoms with Crippen LogP contribution in [0.15, 0.2) is 42.5 Å². The second-order valence-electron chi connectivity index (χ2n) is 10.5. The Morgan fingerprint density at radius 2 is 1.57 bits per heavy atom. The Labute approximate surface area is 216 Å². The number of rotatable bonds is 4. The van der Waals surface area contributed by atoms with Gasteiger partial charge in [0, 0.05) is 45.1 Å². The van der Waals surface area contributed by atoms with E-state index in [-0.39, 0.29) is 11.8 Å². The van der Waals surface area contributed by atoms with Gasteiger partial charge in [0.25, 0.3) is 0 Å². The highest BCUT2D eigenvalue weighted by Crippen LogP contribution is 2.39. The van der Waals surface area contributed by atoms with E-state index in [2.05, 4.69) is 0 Å². The molecule has 0 spiro atoms. The van der Waals surface area contributed by atoms with Crippen molar-refractivity contribution in [3.8, 4) is 16.9 Å². The first-order valence-electron chi connectivity index (χ1n) is 11.6. The van der Waals surface area contributed by atoms with Crippen LogP contribution in [0.1, 0.15) is 62.2 Å². The topological polar surface area (TPSA) is 67.6 Å².